The van der Waals surface area contributed by atoms with Crippen molar-refractivity contribution in [2.75, 3.05) is 12.5 Å². The van der Waals surface area contributed by atoms with Gasteiger partial charge in [0.05, 0.1) is 9.79 Å². The second-order valence-electron chi connectivity index (χ2n) is 10.6. The van der Waals surface area contributed by atoms with E-state index >= 15 is 0 Å². The molecule has 0 atom stereocenters. The normalized spacial score (nSPS) is 11.8. The molecule has 0 aliphatic heterocycles. The summed E-state index contributed by atoms with van der Waals surface area (Å²) in [6, 6.07) is 28.7. The third-order valence-electron chi connectivity index (χ3n) is 7.02. The van der Waals surface area contributed by atoms with Crippen molar-refractivity contribution in [2.24, 2.45) is 20.5 Å². The number of hydrogen-bond acceptors (Lipinski definition) is 12. The first-order valence-electron chi connectivity index (χ1n) is 14.0. The first-order chi connectivity index (χ1) is 22.7. The summed E-state index contributed by atoms with van der Waals surface area (Å²) < 4.78 is 46.4. The van der Waals surface area contributed by atoms with Gasteiger partial charge >= 0.3 is 0 Å². The minimum atomic E-state index is -3.43. The van der Waals surface area contributed by atoms with Crippen LogP contribution >= 0.6 is 0 Å². The van der Waals surface area contributed by atoms with E-state index in [4.69, 9.17) is 0 Å². The molecule has 0 saturated heterocycles. The minimum Gasteiger partial charge on any atom is -0.506 e. The number of nitrogens with zero attached hydrogens (tertiary/aromatic N) is 4. The second-order valence-corrected chi connectivity index (χ2v) is 14.6. The zero-order chi connectivity index (χ0) is 34.6. The molecular formula is C34H28CrN4O8S2. The SMILES string of the molecule is CS(=O)(=O)c1ccc(O)c(N=Nc2c(O)ccc3ccccc23)c1.CS(=O)(=O)c1ccc(O)c(N=Nc2c(O)ccc3ccccc23)c1.[Cr]. The Balaban J connectivity index is 0.000000216. The molecule has 0 heterocycles. The van der Waals surface area contributed by atoms with Crippen molar-refractivity contribution >= 4 is 64.0 Å². The predicted octanol–water partition coefficient (Wildman–Crippen LogP) is 8.14. The number of sulfone groups is 2. The Kier molecular flexibility index (Phi) is 11.1. The van der Waals surface area contributed by atoms with Crippen LogP contribution in [0.1, 0.15) is 0 Å². The fraction of sp³-hybridized carbons (Fsp3) is 0.0588. The van der Waals surface area contributed by atoms with Crippen molar-refractivity contribution in [3.8, 4) is 23.0 Å². The molecule has 0 fully saturated rings. The molecule has 4 N–H and O–H groups in total. The third-order valence-corrected chi connectivity index (χ3v) is 9.24. The molecule has 0 spiro atoms. The molecule has 0 saturated carbocycles. The number of benzene rings is 6. The van der Waals surface area contributed by atoms with E-state index in [9.17, 15) is 37.3 Å². The number of hydrogen-bond donors (Lipinski definition) is 4. The molecule has 0 aliphatic rings. The van der Waals surface area contributed by atoms with Gasteiger partial charge in [-0.2, -0.15) is 0 Å². The van der Waals surface area contributed by atoms with Gasteiger partial charge < -0.3 is 20.4 Å². The molecule has 6 aromatic carbocycles. The number of rotatable bonds is 6. The second kappa shape index (κ2) is 14.8. The van der Waals surface area contributed by atoms with E-state index < -0.39 is 19.7 Å². The monoisotopic (exact) mass is 736 g/mol. The topological polar surface area (TPSA) is 199 Å². The summed E-state index contributed by atoms with van der Waals surface area (Å²) in [7, 11) is -6.86. The maximum Gasteiger partial charge on any atom is 0.175 e. The summed E-state index contributed by atoms with van der Waals surface area (Å²) in [5.74, 6) is -0.524. The van der Waals surface area contributed by atoms with Crippen molar-refractivity contribution in [1.29, 1.82) is 0 Å². The van der Waals surface area contributed by atoms with Crippen LogP contribution in [0.5, 0.6) is 23.0 Å². The molecular weight excluding hydrogens is 709 g/mol. The standard InChI is InChI=1S/2C17H14N2O4S.Cr/c2*1-24(22,23)12-7-9-15(20)14(10-12)18-19-17-13-5-3-2-4-11(13)6-8-16(17)21;/h2*2-10,20-21H,1H3;. The zero-order valence-electron chi connectivity index (χ0n) is 25.8. The molecule has 49 heavy (non-hydrogen) atoms. The van der Waals surface area contributed by atoms with Gasteiger partial charge in [-0.15, -0.1) is 20.5 Å². The van der Waals surface area contributed by atoms with Crippen LogP contribution < -0.4 is 0 Å². The van der Waals surface area contributed by atoms with Crippen LogP contribution in [0.4, 0.5) is 22.7 Å². The Labute approximate surface area is 292 Å². The Morgan fingerprint density at radius 1 is 0.449 bits per heavy atom. The summed E-state index contributed by atoms with van der Waals surface area (Å²) in [4.78, 5) is 0.0489. The molecule has 12 nitrogen and oxygen atoms in total. The molecule has 0 amide bonds. The number of phenols is 4. The summed E-state index contributed by atoms with van der Waals surface area (Å²) in [5.41, 5.74) is 0.505. The predicted molar refractivity (Wildman–Crippen MR) is 182 cm³/mol. The van der Waals surface area contributed by atoms with Crippen LogP contribution in [-0.4, -0.2) is 49.8 Å². The van der Waals surface area contributed by atoms with Gasteiger partial charge in [-0.3, -0.25) is 0 Å². The van der Waals surface area contributed by atoms with E-state index in [0.29, 0.717) is 10.8 Å². The van der Waals surface area contributed by atoms with Crippen LogP contribution in [-0.2, 0) is 37.0 Å². The van der Waals surface area contributed by atoms with E-state index in [1.165, 1.54) is 48.5 Å². The largest absolute Gasteiger partial charge is 0.506 e. The molecule has 0 aromatic heterocycles. The Morgan fingerprint density at radius 3 is 1.16 bits per heavy atom. The van der Waals surface area contributed by atoms with Crippen LogP contribution in [0, 0.1) is 0 Å². The van der Waals surface area contributed by atoms with Gasteiger partial charge in [-0.05, 0) is 59.3 Å². The van der Waals surface area contributed by atoms with Crippen molar-refractivity contribution in [2.45, 2.75) is 9.79 Å². The van der Waals surface area contributed by atoms with Crippen molar-refractivity contribution in [3.05, 3.63) is 109 Å². The molecule has 15 heteroatoms. The first kappa shape index (κ1) is 36.5. The van der Waals surface area contributed by atoms with Gasteiger partial charge in [-0.25, -0.2) is 16.8 Å². The van der Waals surface area contributed by atoms with Crippen molar-refractivity contribution in [1.82, 2.24) is 0 Å². The number of azo groups is 2. The Bertz CT molecular complexity index is 2300. The van der Waals surface area contributed by atoms with Crippen LogP contribution in [0.3, 0.4) is 0 Å². The summed E-state index contributed by atoms with van der Waals surface area (Å²) >= 11 is 0. The molecule has 0 bridgehead atoms. The maximum atomic E-state index is 11.6. The zero-order valence-corrected chi connectivity index (χ0v) is 28.7. The van der Waals surface area contributed by atoms with Gasteiger partial charge in [0.2, 0.25) is 0 Å². The Morgan fingerprint density at radius 2 is 0.796 bits per heavy atom. The smallest absolute Gasteiger partial charge is 0.175 e. The average Bonchev–Trinajstić information content (AvgIpc) is 3.04. The molecule has 250 valence electrons. The number of aromatic hydroxyl groups is 4. The fourth-order valence-electron chi connectivity index (χ4n) is 4.53. The third kappa shape index (κ3) is 8.59. The van der Waals surface area contributed by atoms with E-state index in [-0.39, 0.29) is 72.9 Å². The molecule has 6 rings (SSSR count). The van der Waals surface area contributed by atoms with E-state index in [0.717, 1.165) is 23.3 Å². The van der Waals surface area contributed by atoms with Crippen molar-refractivity contribution < 1.29 is 54.6 Å². The van der Waals surface area contributed by atoms with Gasteiger partial charge in [-0.1, -0.05) is 60.7 Å². The summed E-state index contributed by atoms with van der Waals surface area (Å²) in [6.07, 6.45) is 2.13. The van der Waals surface area contributed by atoms with Crippen LogP contribution in [0.2, 0.25) is 0 Å². The molecule has 0 unspecified atom stereocenters. The summed E-state index contributed by atoms with van der Waals surface area (Å²) in [5, 5.41) is 58.7. The molecule has 6 aromatic rings. The van der Waals surface area contributed by atoms with E-state index in [1.807, 2.05) is 36.4 Å². The average molecular weight is 737 g/mol. The van der Waals surface area contributed by atoms with Crippen LogP contribution in [0.25, 0.3) is 21.5 Å². The van der Waals surface area contributed by atoms with Crippen LogP contribution in [0.15, 0.2) is 139 Å². The molecule has 0 aliphatic carbocycles. The Hall–Kier alpha value is -5.33. The fourth-order valence-corrected chi connectivity index (χ4v) is 5.82. The first-order valence-corrected chi connectivity index (χ1v) is 17.8. The molecule has 0 radical (unpaired) electrons. The van der Waals surface area contributed by atoms with E-state index in [2.05, 4.69) is 20.5 Å². The summed E-state index contributed by atoms with van der Waals surface area (Å²) in [6.45, 7) is 0. The van der Waals surface area contributed by atoms with Gasteiger partial charge in [0.1, 0.15) is 45.7 Å². The van der Waals surface area contributed by atoms with Gasteiger partial charge in [0.25, 0.3) is 0 Å². The van der Waals surface area contributed by atoms with E-state index in [1.54, 1.807) is 24.3 Å². The number of fused-ring (bicyclic) bond motifs is 2. The minimum absolute atomic E-state index is 0. The van der Waals surface area contributed by atoms with Crippen molar-refractivity contribution in [3.63, 3.8) is 0 Å². The quantitative estimate of drug-likeness (QED) is 0.123. The maximum absolute atomic E-state index is 11.6. The van der Waals surface area contributed by atoms with Gasteiger partial charge in [0.15, 0.2) is 19.7 Å². The van der Waals surface area contributed by atoms with Gasteiger partial charge in [0, 0.05) is 40.6 Å². The number of phenolic OH excluding ortho intramolecular Hbond substituents is 4.